The first-order chi connectivity index (χ1) is 10.1. The van der Waals surface area contributed by atoms with Crippen LogP contribution >= 0.6 is 0 Å². The zero-order valence-electron chi connectivity index (χ0n) is 12.3. The van der Waals surface area contributed by atoms with Crippen molar-refractivity contribution in [2.75, 3.05) is 0 Å². The maximum absolute atomic E-state index is 11.9. The number of fused-ring (bicyclic) bond motifs is 3. The van der Waals surface area contributed by atoms with Crippen LogP contribution in [0.4, 0.5) is 0 Å². The number of aliphatic hydroxyl groups is 3. The number of hydrogen-bond acceptors (Lipinski definition) is 7. The van der Waals surface area contributed by atoms with Crippen molar-refractivity contribution >= 4 is 5.97 Å². The molecule has 8 unspecified atom stereocenters. The van der Waals surface area contributed by atoms with Gasteiger partial charge in [0.25, 0.3) is 0 Å². The van der Waals surface area contributed by atoms with Crippen LogP contribution in [0, 0.1) is 17.8 Å². The molecule has 0 radical (unpaired) electrons. The van der Waals surface area contributed by atoms with Crippen LogP contribution in [0.1, 0.15) is 13.8 Å². The van der Waals surface area contributed by atoms with Gasteiger partial charge in [-0.25, -0.2) is 9.68 Å². The topological polar surface area (TPSA) is 116 Å². The molecule has 0 amide bonds. The van der Waals surface area contributed by atoms with Gasteiger partial charge in [0, 0.05) is 17.4 Å². The summed E-state index contributed by atoms with van der Waals surface area (Å²) in [6.07, 6.45) is -0.620. The summed E-state index contributed by atoms with van der Waals surface area (Å²) in [5, 5.41) is 40.8. The van der Waals surface area contributed by atoms with E-state index in [-0.39, 0.29) is 5.57 Å². The highest BCUT2D eigenvalue weighted by Crippen LogP contribution is 2.53. The van der Waals surface area contributed by atoms with E-state index in [4.69, 9.17) is 4.74 Å². The first-order valence-corrected chi connectivity index (χ1v) is 7.15. The third-order valence-electron chi connectivity index (χ3n) is 5.46. The molecule has 2 aliphatic carbocycles. The van der Waals surface area contributed by atoms with Gasteiger partial charge in [-0.3, -0.25) is 5.26 Å². The predicted octanol–water partition coefficient (Wildman–Crippen LogP) is -0.379. The van der Waals surface area contributed by atoms with Gasteiger partial charge in [0.1, 0.15) is 17.8 Å². The lowest BCUT2D eigenvalue weighted by Gasteiger charge is -2.39. The molecule has 0 bridgehead atoms. The van der Waals surface area contributed by atoms with E-state index in [0.717, 1.165) is 0 Å². The Hall–Kier alpha value is -1.25. The Balaban J connectivity index is 2.15. The molecular formula is C15H20O7. The predicted molar refractivity (Wildman–Crippen MR) is 73.4 cm³/mol. The molecule has 1 heterocycles. The van der Waals surface area contributed by atoms with Gasteiger partial charge in [0.05, 0.1) is 17.6 Å². The maximum atomic E-state index is 11.9. The van der Waals surface area contributed by atoms with E-state index < -0.39 is 53.2 Å². The summed E-state index contributed by atoms with van der Waals surface area (Å²) in [6.45, 7) is 6.61. The Morgan fingerprint density at radius 1 is 1.36 bits per heavy atom. The average Bonchev–Trinajstić information content (AvgIpc) is 2.94. The standard InChI is InChI=1S/C15H20O7/c1-6-8-10(16)12(17)15(3,19)7-4-5-14(2,22-20)9(7)11(8)21-13(6)18/h4-5,7-12,16-17,19-20H,1H2,2-3H3. The highest BCUT2D eigenvalue weighted by molar-refractivity contribution is 5.91. The van der Waals surface area contributed by atoms with Crippen LogP contribution in [-0.4, -0.2) is 56.1 Å². The molecule has 22 heavy (non-hydrogen) atoms. The molecule has 1 aliphatic heterocycles. The molecule has 3 aliphatic rings. The summed E-state index contributed by atoms with van der Waals surface area (Å²) in [5.74, 6) is -2.89. The van der Waals surface area contributed by atoms with E-state index >= 15 is 0 Å². The lowest BCUT2D eigenvalue weighted by molar-refractivity contribution is -0.324. The highest BCUT2D eigenvalue weighted by Gasteiger charge is 2.65. The summed E-state index contributed by atoms with van der Waals surface area (Å²) < 4.78 is 5.33. The van der Waals surface area contributed by atoms with E-state index in [1.165, 1.54) is 6.92 Å². The van der Waals surface area contributed by atoms with Gasteiger partial charge in [0.2, 0.25) is 0 Å². The van der Waals surface area contributed by atoms with Crippen LogP contribution in [-0.2, 0) is 14.4 Å². The van der Waals surface area contributed by atoms with E-state index in [9.17, 15) is 25.4 Å². The molecule has 0 aromatic carbocycles. The Kier molecular flexibility index (Phi) is 3.29. The fourth-order valence-electron chi connectivity index (χ4n) is 4.11. The number of carbonyl (C=O) groups is 1. The molecule has 1 saturated carbocycles. The monoisotopic (exact) mass is 312 g/mol. The van der Waals surface area contributed by atoms with Crippen molar-refractivity contribution in [2.24, 2.45) is 17.8 Å². The molecule has 8 atom stereocenters. The second-order valence-electron chi connectivity index (χ2n) is 6.77. The SMILES string of the molecule is C=C1C(=O)OC2C1C(O)C(O)C(C)(O)C1C=CC(C)(OO)C21. The normalized spacial score (nSPS) is 53.9. The summed E-state index contributed by atoms with van der Waals surface area (Å²) in [6, 6.07) is 0. The van der Waals surface area contributed by atoms with Crippen molar-refractivity contribution in [3.05, 3.63) is 24.3 Å². The third-order valence-corrected chi connectivity index (χ3v) is 5.46. The van der Waals surface area contributed by atoms with Crippen LogP contribution in [0.5, 0.6) is 0 Å². The summed E-state index contributed by atoms with van der Waals surface area (Å²) in [4.78, 5) is 16.4. The van der Waals surface area contributed by atoms with Gasteiger partial charge in [0.15, 0.2) is 0 Å². The third kappa shape index (κ3) is 1.77. The number of aliphatic hydroxyl groups excluding tert-OH is 2. The van der Waals surface area contributed by atoms with Gasteiger partial charge < -0.3 is 20.1 Å². The molecule has 3 rings (SSSR count). The summed E-state index contributed by atoms with van der Waals surface area (Å²) in [5.41, 5.74) is -2.86. The minimum absolute atomic E-state index is 0.0418. The molecule has 7 heteroatoms. The largest absolute Gasteiger partial charge is 0.458 e. The van der Waals surface area contributed by atoms with Gasteiger partial charge in [-0.15, -0.1) is 0 Å². The Bertz CT molecular complexity index is 554. The first-order valence-electron chi connectivity index (χ1n) is 7.15. The molecular weight excluding hydrogens is 292 g/mol. The number of ether oxygens (including phenoxy) is 1. The zero-order valence-corrected chi connectivity index (χ0v) is 12.3. The van der Waals surface area contributed by atoms with Gasteiger partial charge in [-0.1, -0.05) is 18.7 Å². The van der Waals surface area contributed by atoms with Crippen molar-refractivity contribution in [1.82, 2.24) is 0 Å². The molecule has 4 N–H and O–H groups in total. The van der Waals surface area contributed by atoms with Crippen LogP contribution in [0.2, 0.25) is 0 Å². The smallest absolute Gasteiger partial charge is 0.334 e. The van der Waals surface area contributed by atoms with E-state index in [0.29, 0.717) is 0 Å². The number of hydrogen-bond donors (Lipinski definition) is 4. The molecule has 7 nitrogen and oxygen atoms in total. The first kappa shape index (κ1) is 15.6. The van der Waals surface area contributed by atoms with Crippen molar-refractivity contribution in [2.45, 2.75) is 43.4 Å². The lowest BCUT2D eigenvalue weighted by atomic mass is 9.73. The summed E-state index contributed by atoms with van der Waals surface area (Å²) >= 11 is 0. The molecule has 0 spiro atoms. The highest BCUT2D eigenvalue weighted by atomic mass is 17.1. The Morgan fingerprint density at radius 2 is 2.00 bits per heavy atom. The lowest BCUT2D eigenvalue weighted by Crippen LogP contribution is -2.53. The number of rotatable bonds is 1. The average molecular weight is 312 g/mol. The molecule has 2 fully saturated rings. The maximum Gasteiger partial charge on any atom is 0.334 e. The van der Waals surface area contributed by atoms with E-state index in [1.54, 1.807) is 19.1 Å². The fraction of sp³-hybridized carbons (Fsp3) is 0.667. The van der Waals surface area contributed by atoms with Gasteiger partial charge in [-0.2, -0.15) is 0 Å². The second-order valence-corrected chi connectivity index (χ2v) is 6.77. The molecule has 0 aromatic heterocycles. The minimum atomic E-state index is -1.69. The van der Waals surface area contributed by atoms with Crippen LogP contribution in [0.15, 0.2) is 24.3 Å². The van der Waals surface area contributed by atoms with E-state index in [1.807, 2.05) is 0 Å². The minimum Gasteiger partial charge on any atom is -0.458 e. The summed E-state index contributed by atoms with van der Waals surface area (Å²) in [7, 11) is 0. The fourth-order valence-corrected chi connectivity index (χ4v) is 4.11. The Labute approximate surface area is 127 Å². The van der Waals surface area contributed by atoms with Crippen molar-refractivity contribution in [1.29, 1.82) is 0 Å². The van der Waals surface area contributed by atoms with Gasteiger partial charge >= 0.3 is 5.97 Å². The molecule has 0 aromatic rings. The van der Waals surface area contributed by atoms with Crippen molar-refractivity contribution in [3.63, 3.8) is 0 Å². The van der Waals surface area contributed by atoms with Gasteiger partial charge in [-0.05, 0) is 13.8 Å². The molecule has 122 valence electrons. The van der Waals surface area contributed by atoms with Crippen molar-refractivity contribution in [3.8, 4) is 0 Å². The van der Waals surface area contributed by atoms with Crippen LogP contribution in [0.25, 0.3) is 0 Å². The van der Waals surface area contributed by atoms with Crippen LogP contribution in [0.3, 0.4) is 0 Å². The number of esters is 1. The number of carbonyl (C=O) groups excluding carboxylic acids is 1. The quantitative estimate of drug-likeness (QED) is 0.171. The van der Waals surface area contributed by atoms with E-state index in [2.05, 4.69) is 11.5 Å². The Morgan fingerprint density at radius 3 is 2.59 bits per heavy atom. The van der Waals surface area contributed by atoms with Crippen LogP contribution < -0.4 is 0 Å². The molecule has 1 saturated heterocycles. The zero-order chi connectivity index (χ0) is 16.4. The van der Waals surface area contributed by atoms with Crippen molar-refractivity contribution < 1.29 is 35.0 Å². The second kappa shape index (κ2) is 4.62.